The molecule has 0 aromatic heterocycles. The number of carbonyl (C=O) groups is 4. The summed E-state index contributed by atoms with van der Waals surface area (Å²) in [5.74, 6) is -1.86. The molecule has 4 amide bonds. The van der Waals surface area contributed by atoms with Crippen molar-refractivity contribution in [3.8, 4) is 0 Å². The van der Waals surface area contributed by atoms with E-state index in [-0.39, 0.29) is 18.2 Å². The van der Waals surface area contributed by atoms with Gasteiger partial charge in [-0.1, -0.05) is 56.3 Å². The van der Waals surface area contributed by atoms with Crippen LogP contribution >= 0.6 is 0 Å². The van der Waals surface area contributed by atoms with Crippen LogP contribution in [-0.2, 0) is 25.6 Å². The molecule has 9 nitrogen and oxygen atoms in total. The summed E-state index contributed by atoms with van der Waals surface area (Å²) in [6.45, 7) is 5.68. The topological polar surface area (TPSA) is 156 Å². The molecule has 0 aliphatic heterocycles. The highest BCUT2D eigenvalue weighted by molar-refractivity contribution is 5.94. The van der Waals surface area contributed by atoms with Crippen LogP contribution in [0.25, 0.3) is 10.8 Å². The van der Waals surface area contributed by atoms with Gasteiger partial charge in [-0.15, -0.1) is 0 Å². The highest BCUT2D eigenvalue weighted by Crippen LogP contribution is 2.17. The molecule has 0 saturated heterocycles. The van der Waals surface area contributed by atoms with Crippen molar-refractivity contribution in [2.45, 2.75) is 71.0 Å². The lowest BCUT2D eigenvalue weighted by Crippen LogP contribution is -2.57. The van der Waals surface area contributed by atoms with Crippen LogP contribution in [0.4, 0.5) is 0 Å². The maximum absolute atomic E-state index is 13.3. The second-order valence-corrected chi connectivity index (χ2v) is 9.58. The quantitative estimate of drug-likeness (QED) is 0.250. The molecular weight excluding hydrogens is 458 g/mol. The van der Waals surface area contributed by atoms with E-state index in [4.69, 9.17) is 11.5 Å². The van der Waals surface area contributed by atoms with Crippen LogP contribution in [0.3, 0.4) is 0 Å². The molecule has 0 aliphatic rings. The molecule has 0 saturated carbocycles. The number of nitrogens with one attached hydrogen (secondary N) is 3. The molecule has 0 radical (unpaired) electrons. The minimum atomic E-state index is -0.887. The van der Waals surface area contributed by atoms with Gasteiger partial charge in [0.1, 0.15) is 18.1 Å². The molecule has 2 rings (SSSR count). The van der Waals surface area contributed by atoms with Crippen LogP contribution in [-0.4, -0.2) is 48.3 Å². The van der Waals surface area contributed by atoms with Gasteiger partial charge in [0.15, 0.2) is 0 Å². The maximum atomic E-state index is 13.3. The van der Waals surface area contributed by atoms with Crippen LogP contribution in [0.5, 0.6) is 0 Å². The Bertz CT molecular complexity index is 1060. The van der Waals surface area contributed by atoms with Crippen molar-refractivity contribution < 1.29 is 19.2 Å². The molecule has 0 fully saturated rings. The van der Waals surface area contributed by atoms with Gasteiger partial charge in [-0.3, -0.25) is 19.2 Å². The van der Waals surface area contributed by atoms with E-state index in [2.05, 4.69) is 16.0 Å². The number of hydrogen-bond donors (Lipinski definition) is 5. The van der Waals surface area contributed by atoms with Gasteiger partial charge in [-0.05, 0) is 54.5 Å². The van der Waals surface area contributed by atoms with Crippen molar-refractivity contribution >= 4 is 34.4 Å². The summed E-state index contributed by atoms with van der Waals surface area (Å²) in [6, 6.07) is 11.1. The Hall–Kier alpha value is -3.46. The van der Waals surface area contributed by atoms with Crippen molar-refractivity contribution in [2.24, 2.45) is 17.4 Å². The number of carbonyl (C=O) groups excluding carboxylic acids is 4. The predicted octanol–water partition coefficient (Wildman–Crippen LogP) is 1.52. The Morgan fingerprint density at radius 1 is 0.833 bits per heavy atom. The zero-order valence-corrected chi connectivity index (χ0v) is 21.4. The zero-order chi connectivity index (χ0) is 26.7. The van der Waals surface area contributed by atoms with Gasteiger partial charge in [-0.25, -0.2) is 0 Å². The van der Waals surface area contributed by atoms with E-state index in [1.165, 1.54) is 6.92 Å². The third-order valence-electron chi connectivity index (χ3n) is 5.89. The first-order chi connectivity index (χ1) is 17.1. The van der Waals surface area contributed by atoms with Gasteiger partial charge in [0.2, 0.25) is 23.6 Å². The molecule has 0 unspecified atom stereocenters. The molecule has 0 bridgehead atoms. The lowest BCUT2D eigenvalue weighted by molar-refractivity contribution is -0.133. The maximum Gasteiger partial charge on any atom is 0.243 e. The highest BCUT2D eigenvalue weighted by Gasteiger charge is 2.29. The molecule has 36 heavy (non-hydrogen) atoms. The molecule has 0 aliphatic carbocycles. The number of primary amides is 1. The third kappa shape index (κ3) is 9.30. The molecule has 0 spiro atoms. The van der Waals surface area contributed by atoms with Crippen molar-refractivity contribution in [3.63, 3.8) is 0 Å². The van der Waals surface area contributed by atoms with Crippen LogP contribution in [0.2, 0.25) is 0 Å². The molecule has 7 N–H and O–H groups in total. The number of hydrogen-bond acceptors (Lipinski definition) is 5. The van der Waals surface area contributed by atoms with Crippen LogP contribution in [0.1, 0.15) is 52.0 Å². The molecule has 0 heterocycles. The molecule has 9 heteroatoms. The van der Waals surface area contributed by atoms with Gasteiger partial charge < -0.3 is 27.4 Å². The average molecular weight is 498 g/mol. The molecular formula is C27H39N5O4. The fraction of sp³-hybridized carbons (Fsp3) is 0.481. The highest BCUT2D eigenvalue weighted by atomic mass is 16.2. The fourth-order valence-electron chi connectivity index (χ4n) is 4.08. The first-order valence-electron chi connectivity index (χ1n) is 12.5. The first-order valence-corrected chi connectivity index (χ1v) is 12.5. The van der Waals surface area contributed by atoms with Crippen LogP contribution in [0.15, 0.2) is 42.5 Å². The number of fused-ring (bicyclic) bond motifs is 1. The summed E-state index contributed by atoms with van der Waals surface area (Å²) in [5.41, 5.74) is 11.9. The SMILES string of the molecule is CC(=O)N[C@H](Cc1ccc2ccccc2c1)C(=O)N[C@@H](CC(C)C)C(=O)N[C@@H](CCCCN)C(N)=O. The zero-order valence-electron chi connectivity index (χ0n) is 21.4. The third-order valence-corrected chi connectivity index (χ3v) is 5.89. The lowest BCUT2D eigenvalue weighted by Gasteiger charge is -2.25. The monoisotopic (exact) mass is 497 g/mol. The Morgan fingerprint density at radius 2 is 1.47 bits per heavy atom. The summed E-state index contributed by atoms with van der Waals surface area (Å²) in [6.07, 6.45) is 2.34. The summed E-state index contributed by atoms with van der Waals surface area (Å²) < 4.78 is 0. The summed E-state index contributed by atoms with van der Waals surface area (Å²) in [7, 11) is 0. The van der Waals surface area contributed by atoms with Gasteiger partial charge in [0, 0.05) is 13.3 Å². The smallest absolute Gasteiger partial charge is 0.243 e. The number of nitrogens with two attached hydrogens (primary N) is 2. The van der Waals surface area contributed by atoms with E-state index in [0.717, 1.165) is 16.3 Å². The number of rotatable bonds is 14. The molecule has 2 aromatic carbocycles. The van der Waals surface area contributed by atoms with E-state index < -0.39 is 35.8 Å². The minimum absolute atomic E-state index is 0.0880. The standard InChI is InChI=1S/C27H39N5O4/c1-17(2)14-23(26(35)31-22(25(29)34)10-6-7-13-28)32-27(36)24(30-18(3)33)16-19-11-12-20-8-4-5-9-21(20)15-19/h4-5,8-9,11-12,15,17,22-24H,6-7,10,13-14,16,28H2,1-3H3,(H2,29,34)(H,30,33)(H,31,35)(H,32,36)/t22-,23-,24+/m0/s1. The largest absolute Gasteiger partial charge is 0.368 e. The molecule has 196 valence electrons. The lowest BCUT2D eigenvalue weighted by atomic mass is 9.99. The summed E-state index contributed by atoms with van der Waals surface area (Å²) in [4.78, 5) is 50.1. The van der Waals surface area contributed by atoms with E-state index in [9.17, 15) is 19.2 Å². The fourth-order valence-corrected chi connectivity index (χ4v) is 4.08. The van der Waals surface area contributed by atoms with Crippen molar-refractivity contribution in [1.82, 2.24) is 16.0 Å². The van der Waals surface area contributed by atoms with E-state index in [0.29, 0.717) is 32.2 Å². The van der Waals surface area contributed by atoms with Crippen molar-refractivity contribution in [2.75, 3.05) is 6.54 Å². The summed E-state index contributed by atoms with van der Waals surface area (Å²) in [5, 5.41) is 10.3. The molecule has 3 atom stereocenters. The summed E-state index contributed by atoms with van der Waals surface area (Å²) >= 11 is 0. The van der Waals surface area contributed by atoms with Crippen molar-refractivity contribution in [3.05, 3.63) is 48.0 Å². The van der Waals surface area contributed by atoms with Gasteiger partial charge in [0.05, 0.1) is 0 Å². The number of benzene rings is 2. The number of amides is 4. The Balaban J connectivity index is 2.17. The van der Waals surface area contributed by atoms with Crippen molar-refractivity contribution in [1.29, 1.82) is 0 Å². The Labute approximate surface area is 212 Å². The Kier molecular flexibility index (Phi) is 11.3. The molecule has 2 aromatic rings. The minimum Gasteiger partial charge on any atom is -0.368 e. The van der Waals surface area contributed by atoms with E-state index in [1.54, 1.807) is 0 Å². The van der Waals surface area contributed by atoms with Gasteiger partial charge >= 0.3 is 0 Å². The second kappa shape index (κ2) is 14.2. The first kappa shape index (κ1) is 28.8. The van der Waals surface area contributed by atoms with Gasteiger partial charge in [0.25, 0.3) is 0 Å². The van der Waals surface area contributed by atoms with E-state index >= 15 is 0 Å². The van der Waals surface area contributed by atoms with Crippen LogP contribution < -0.4 is 27.4 Å². The predicted molar refractivity (Wildman–Crippen MR) is 141 cm³/mol. The van der Waals surface area contributed by atoms with E-state index in [1.807, 2.05) is 56.3 Å². The van der Waals surface area contributed by atoms with Gasteiger partial charge in [-0.2, -0.15) is 0 Å². The number of unbranched alkanes of at least 4 members (excludes halogenated alkanes) is 1. The van der Waals surface area contributed by atoms with Crippen LogP contribution in [0, 0.1) is 5.92 Å². The average Bonchev–Trinajstić information content (AvgIpc) is 2.81. The Morgan fingerprint density at radius 3 is 2.08 bits per heavy atom. The normalized spacial score (nSPS) is 13.6. The second-order valence-electron chi connectivity index (χ2n) is 9.58.